The lowest BCUT2D eigenvalue weighted by atomic mass is 9.88. The number of hydrogen-bond acceptors (Lipinski definition) is 4. The number of amides is 1. The van der Waals surface area contributed by atoms with E-state index in [0.717, 1.165) is 11.4 Å². The van der Waals surface area contributed by atoms with Crippen LogP contribution in [0.1, 0.15) is 49.7 Å². The molecule has 6 heteroatoms. The van der Waals surface area contributed by atoms with Gasteiger partial charge in [-0.2, -0.15) is 4.98 Å². The van der Waals surface area contributed by atoms with E-state index in [9.17, 15) is 4.79 Å². The zero-order valence-electron chi connectivity index (χ0n) is 12.9. The van der Waals surface area contributed by atoms with Crippen LogP contribution >= 0.6 is 0 Å². The molecule has 0 saturated carbocycles. The smallest absolute Gasteiger partial charge is 0.291 e. The highest BCUT2D eigenvalue weighted by atomic mass is 16.2. The summed E-state index contributed by atoms with van der Waals surface area (Å²) in [6, 6.07) is 1.93. The summed E-state index contributed by atoms with van der Waals surface area (Å²) in [5.41, 5.74) is 1.75. The van der Waals surface area contributed by atoms with Gasteiger partial charge >= 0.3 is 0 Å². The summed E-state index contributed by atoms with van der Waals surface area (Å²) in [4.78, 5) is 20.7. The fraction of sp³-hybridized carbons (Fsp3) is 0.571. The third kappa shape index (κ3) is 2.79. The van der Waals surface area contributed by atoms with Crippen molar-refractivity contribution in [2.75, 3.05) is 0 Å². The molecule has 1 unspecified atom stereocenters. The summed E-state index contributed by atoms with van der Waals surface area (Å²) in [6.07, 6.45) is 0. The number of rotatable bonds is 2. The van der Waals surface area contributed by atoms with Crippen LogP contribution in [0.3, 0.4) is 0 Å². The Morgan fingerprint density at radius 2 is 1.95 bits per heavy atom. The van der Waals surface area contributed by atoms with Crippen LogP contribution in [0.25, 0.3) is 5.78 Å². The van der Waals surface area contributed by atoms with Gasteiger partial charge in [0, 0.05) is 17.4 Å². The second-order valence-corrected chi connectivity index (χ2v) is 6.25. The van der Waals surface area contributed by atoms with E-state index in [4.69, 9.17) is 0 Å². The lowest BCUT2D eigenvalue weighted by molar-refractivity contribution is 0.0899. The lowest BCUT2D eigenvalue weighted by Crippen LogP contribution is -2.41. The Kier molecular flexibility index (Phi) is 3.50. The number of aromatic nitrogens is 4. The van der Waals surface area contributed by atoms with Gasteiger partial charge in [-0.05, 0) is 32.3 Å². The molecule has 2 rings (SSSR count). The minimum atomic E-state index is -0.269. The Balaban J connectivity index is 2.30. The van der Waals surface area contributed by atoms with Crippen molar-refractivity contribution in [2.24, 2.45) is 5.41 Å². The summed E-state index contributed by atoms with van der Waals surface area (Å²) in [5, 5.41) is 7.15. The number of carbonyl (C=O) groups is 1. The van der Waals surface area contributed by atoms with Gasteiger partial charge in [-0.25, -0.2) is 9.50 Å². The topological polar surface area (TPSA) is 72.2 Å². The molecule has 108 valence electrons. The molecular weight excluding hydrogens is 254 g/mol. The predicted molar refractivity (Wildman–Crippen MR) is 76.6 cm³/mol. The zero-order chi connectivity index (χ0) is 15.1. The van der Waals surface area contributed by atoms with Gasteiger partial charge in [-0.3, -0.25) is 4.79 Å². The molecule has 0 radical (unpaired) electrons. The molecule has 0 aliphatic heterocycles. The van der Waals surface area contributed by atoms with Crippen molar-refractivity contribution >= 4 is 11.7 Å². The predicted octanol–water partition coefficient (Wildman–Crippen LogP) is 1.91. The first kappa shape index (κ1) is 14.4. The van der Waals surface area contributed by atoms with Crippen molar-refractivity contribution in [3.8, 4) is 0 Å². The van der Waals surface area contributed by atoms with E-state index in [1.54, 1.807) is 4.52 Å². The quantitative estimate of drug-likeness (QED) is 0.908. The fourth-order valence-corrected chi connectivity index (χ4v) is 1.74. The van der Waals surface area contributed by atoms with Crippen LogP contribution in [-0.4, -0.2) is 31.5 Å². The van der Waals surface area contributed by atoms with E-state index in [1.807, 2.05) is 26.8 Å². The van der Waals surface area contributed by atoms with Gasteiger partial charge < -0.3 is 5.32 Å². The van der Waals surface area contributed by atoms with Crippen LogP contribution in [0.5, 0.6) is 0 Å². The van der Waals surface area contributed by atoms with Gasteiger partial charge in [-0.15, -0.1) is 5.10 Å². The van der Waals surface area contributed by atoms with E-state index in [0.29, 0.717) is 5.78 Å². The standard InChI is InChI=1S/C14H21N5O/c1-8-7-9(2)19-13(15-8)17-11(18-19)12(20)16-10(3)14(4,5)6/h7,10H,1-6H3,(H,16,20). The first-order valence-electron chi connectivity index (χ1n) is 6.70. The van der Waals surface area contributed by atoms with Crippen LogP contribution in [0.4, 0.5) is 0 Å². The molecule has 2 heterocycles. The van der Waals surface area contributed by atoms with E-state index in [-0.39, 0.29) is 23.2 Å². The van der Waals surface area contributed by atoms with Gasteiger partial charge in [0.15, 0.2) is 0 Å². The Morgan fingerprint density at radius 1 is 1.30 bits per heavy atom. The van der Waals surface area contributed by atoms with E-state index in [2.05, 4.69) is 41.2 Å². The first-order valence-corrected chi connectivity index (χ1v) is 6.70. The van der Waals surface area contributed by atoms with Crippen LogP contribution < -0.4 is 5.32 Å². The molecule has 0 aliphatic rings. The fourth-order valence-electron chi connectivity index (χ4n) is 1.74. The molecule has 2 aromatic rings. The normalized spacial score (nSPS) is 13.5. The van der Waals surface area contributed by atoms with Crippen LogP contribution in [0, 0.1) is 19.3 Å². The second-order valence-electron chi connectivity index (χ2n) is 6.25. The number of hydrogen-bond donors (Lipinski definition) is 1. The molecule has 0 fully saturated rings. The van der Waals surface area contributed by atoms with Gasteiger partial charge in [0.1, 0.15) is 0 Å². The summed E-state index contributed by atoms with van der Waals surface area (Å²) < 4.78 is 1.59. The van der Waals surface area contributed by atoms with Gasteiger partial charge in [0.25, 0.3) is 11.7 Å². The van der Waals surface area contributed by atoms with E-state index in [1.165, 1.54) is 0 Å². The summed E-state index contributed by atoms with van der Waals surface area (Å²) >= 11 is 0. The Bertz CT molecular complexity index is 653. The molecule has 2 aromatic heterocycles. The minimum absolute atomic E-state index is 0.0143. The maximum atomic E-state index is 12.2. The summed E-state index contributed by atoms with van der Waals surface area (Å²) in [7, 11) is 0. The average molecular weight is 275 g/mol. The van der Waals surface area contributed by atoms with Crippen LogP contribution in [0.2, 0.25) is 0 Å². The van der Waals surface area contributed by atoms with Crippen LogP contribution in [-0.2, 0) is 0 Å². The zero-order valence-corrected chi connectivity index (χ0v) is 12.9. The molecule has 1 N–H and O–H groups in total. The average Bonchev–Trinajstić information content (AvgIpc) is 2.71. The molecule has 0 aliphatic carbocycles. The highest BCUT2D eigenvalue weighted by Gasteiger charge is 2.24. The van der Waals surface area contributed by atoms with E-state index < -0.39 is 0 Å². The Morgan fingerprint density at radius 3 is 2.55 bits per heavy atom. The SMILES string of the molecule is Cc1cc(C)n2nc(C(=O)NC(C)C(C)(C)C)nc2n1. The van der Waals surface area contributed by atoms with Crippen molar-refractivity contribution in [3.05, 3.63) is 23.3 Å². The summed E-state index contributed by atoms with van der Waals surface area (Å²) in [6.45, 7) is 12.0. The highest BCUT2D eigenvalue weighted by Crippen LogP contribution is 2.18. The van der Waals surface area contributed by atoms with Crippen LogP contribution in [0.15, 0.2) is 6.07 Å². The second kappa shape index (κ2) is 4.85. The summed E-state index contributed by atoms with van der Waals surface area (Å²) in [5.74, 6) is 0.341. The first-order chi connectivity index (χ1) is 9.18. The number of fused-ring (bicyclic) bond motifs is 1. The van der Waals surface area contributed by atoms with Crippen molar-refractivity contribution in [2.45, 2.75) is 47.6 Å². The number of nitrogens with zero attached hydrogens (tertiary/aromatic N) is 4. The number of aryl methyl sites for hydroxylation is 2. The minimum Gasteiger partial charge on any atom is -0.346 e. The molecule has 0 spiro atoms. The monoisotopic (exact) mass is 275 g/mol. The third-order valence-corrected chi connectivity index (χ3v) is 3.47. The molecule has 20 heavy (non-hydrogen) atoms. The largest absolute Gasteiger partial charge is 0.346 e. The maximum Gasteiger partial charge on any atom is 0.291 e. The molecular formula is C14H21N5O. The molecule has 1 amide bonds. The number of carbonyl (C=O) groups excluding carboxylic acids is 1. The van der Waals surface area contributed by atoms with Gasteiger partial charge in [0.2, 0.25) is 5.82 Å². The maximum absolute atomic E-state index is 12.2. The molecule has 1 atom stereocenters. The molecule has 0 aromatic carbocycles. The van der Waals surface area contributed by atoms with Crippen molar-refractivity contribution in [1.29, 1.82) is 0 Å². The lowest BCUT2D eigenvalue weighted by Gasteiger charge is -2.27. The number of nitrogens with one attached hydrogen (secondary N) is 1. The Hall–Kier alpha value is -1.98. The highest BCUT2D eigenvalue weighted by molar-refractivity contribution is 5.91. The third-order valence-electron chi connectivity index (χ3n) is 3.47. The van der Waals surface area contributed by atoms with Crippen molar-refractivity contribution in [3.63, 3.8) is 0 Å². The molecule has 0 bridgehead atoms. The molecule has 6 nitrogen and oxygen atoms in total. The molecule has 0 saturated heterocycles. The van der Waals surface area contributed by atoms with Crippen molar-refractivity contribution < 1.29 is 4.79 Å². The van der Waals surface area contributed by atoms with Crippen molar-refractivity contribution in [1.82, 2.24) is 24.9 Å². The van der Waals surface area contributed by atoms with Gasteiger partial charge in [0.05, 0.1) is 0 Å². The van der Waals surface area contributed by atoms with E-state index >= 15 is 0 Å². The van der Waals surface area contributed by atoms with Gasteiger partial charge in [-0.1, -0.05) is 20.8 Å². The Labute approximate surface area is 118 Å².